The lowest BCUT2D eigenvalue weighted by atomic mass is 9.92. The number of azide groups is 1. The number of nitrogens with zero attached hydrogens (tertiary/aromatic N) is 4. The van der Waals surface area contributed by atoms with Crippen molar-refractivity contribution >= 4 is 16.7 Å². The number of rotatable bonds is 3. The third-order valence-corrected chi connectivity index (χ3v) is 3.48. The van der Waals surface area contributed by atoms with Gasteiger partial charge < -0.3 is 4.57 Å². The zero-order valence-corrected chi connectivity index (χ0v) is 11.5. The van der Waals surface area contributed by atoms with Crippen molar-refractivity contribution in [1.29, 1.82) is 0 Å². The Labute approximate surface area is 111 Å². The van der Waals surface area contributed by atoms with Gasteiger partial charge in [-0.05, 0) is 32.4 Å². The second-order valence-electron chi connectivity index (χ2n) is 5.11. The van der Waals surface area contributed by atoms with Crippen LogP contribution < -0.4 is 0 Å². The number of para-hydroxylation sites is 1. The van der Waals surface area contributed by atoms with E-state index in [1.807, 2.05) is 42.8 Å². The molecule has 0 aliphatic heterocycles. The highest BCUT2D eigenvalue weighted by molar-refractivity contribution is 6.13. The van der Waals surface area contributed by atoms with Gasteiger partial charge in [-0.3, -0.25) is 4.79 Å². The van der Waals surface area contributed by atoms with E-state index >= 15 is 0 Å². The number of carbonyl (C=O) groups is 1. The zero-order chi connectivity index (χ0) is 14.2. The normalized spacial score (nSPS) is 11.4. The molecule has 0 aliphatic rings. The van der Waals surface area contributed by atoms with Crippen LogP contribution in [-0.4, -0.2) is 15.9 Å². The summed E-state index contributed by atoms with van der Waals surface area (Å²) >= 11 is 0. The first-order valence-corrected chi connectivity index (χ1v) is 6.05. The summed E-state index contributed by atoms with van der Waals surface area (Å²) in [4.78, 5) is 15.4. The van der Waals surface area contributed by atoms with E-state index in [1.54, 1.807) is 13.8 Å². The van der Waals surface area contributed by atoms with Crippen LogP contribution in [0.3, 0.4) is 0 Å². The second-order valence-corrected chi connectivity index (χ2v) is 5.11. The largest absolute Gasteiger partial charge is 0.347 e. The zero-order valence-electron chi connectivity index (χ0n) is 11.5. The van der Waals surface area contributed by atoms with Crippen LogP contribution in [-0.2, 0) is 7.05 Å². The first-order chi connectivity index (χ1) is 8.90. The van der Waals surface area contributed by atoms with E-state index in [1.165, 1.54) is 0 Å². The number of Topliss-reactive ketones (excluding diaryl/α,β-unsaturated/α-hetero) is 1. The fourth-order valence-corrected chi connectivity index (χ4v) is 2.27. The maximum absolute atomic E-state index is 12.6. The van der Waals surface area contributed by atoms with Gasteiger partial charge in [-0.1, -0.05) is 23.3 Å². The average Bonchev–Trinajstić information content (AvgIpc) is 2.62. The Kier molecular flexibility index (Phi) is 3.08. The van der Waals surface area contributed by atoms with E-state index in [-0.39, 0.29) is 5.78 Å². The van der Waals surface area contributed by atoms with Crippen molar-refractivity contribution in [2.45, 2.75) is 26.3 Å². The predicted molar refractivity (Wildman–Crippen MR) is 75.2 cm³/mol. The lowest BCUT2D eigenvalue weighted by Gasteiger charge is -2.16. The van der Waals surface area contributed by atoms with Gasteiger partial charge in [0.25, 0.3) is 0 Å². The molecule has 1 heterocycles. The summed E-state index contributed by atoms with van der Waals surface area (Å²) in [5.74, 6) is -0.153. The van der Waals surface area contributed by atoms with Gasteiger partial charge in [-0.15, -0.1) is 0 Å². The molecule has 0 amide bonds. The Morgan fingerprint density at radius 3 is 2.63 bits per heavy atom. The summed E-state index contributed by atoms with van der Waals surface area (Å²) in [5.41, 5.74) is 10.0. The molecule has 1 aromatic heterocycles. The monoisotopic (exact) mass is 256 g/mol. The smallest absolute Gasteiger partial charge is 0.176 e. The molecule has 0 radical (unpaired) electrons. The van der Waals surface area contributed by atoms with E-state index in [9.17, 15) is 4.79 Å². The van der Waals surface area contributed by atoms with Gasteiger partial charge in [0.2, 0.25) is 0 Å². The van der Waals surface area contributed by atoms with Crippen molar-refractivity contribution in [3.8, 4) is 0 Å². The molecule has 0 bridgehead atoms. The van der Waals surface area contributed by atoms with E-state index < -0.39 is 5.54 Å². The molecule has 0 N–H and O–H groups in total. The molecule has 0 saturated heterocycles. The van der Waals surface area contributed by atoms with Crippen molar-refractivity contribution in [2.75, 3.05) is 0 Å². The number of carbonyl (C=O) groups excluding carboxylic acids is 1. The molecule has 0 fully saturated rings. The number of fused-ring (bicyclic) bond motifs is 1. The van der Waals surface area contributed by atoms with Gasteiger partial charge in [0, 0.05) is 34.1 Å². The average molecular weight is 256 g/mol. The summed E-state index contributed by atoms with van der Waals surface area (Å²) < 4.78 is 1.98. The van der Waals surface area contributed by atoms with Crippen LogP contribution in [0.15, 0.2) is 29.4 Å². The van der Waals surface area contributed by atoms with Crippen molar-refractivity contribution in [1.82, 2.24) is 4.57 Å². The first-order valence-electron chi connectivity index (χ1n) is 6.05. The molecule has 5 nitrogen and oxygen atoms in total. The van der Waals surface area contributed by atoms with E-state index in [0.29, 0.717) is 5.56 Å². The van der Waals surface area contributed by atoms with Crippen LogP contribution in [0.4, 0.5) is 0 Å². The standard InChI is InChI=1S/C14H16N4O/c1-9-12(13(19)14(2,3)16-17-15)10-7-5-6-8-11(10)18(9)4/h5-8H,1-4H3. The topological polar surface area (TPSA) is 70.8 Å². The fourth-order valence-electron chi connectivity index (χ4n) is 2.27. The third-order valence-electron chi connectivity index (χ3n) is 3.48. The molecule has 98 valence electrons. The number of hydrogen-bond acceptors (Lipinski definition) is 2. The Bertz CT molecular complexity index is 706. The molecule has 0 atom stereocenters. The molecule has 0 unspecified atom stereocenters. The van der Waals surface area contributed by atoms with Gasteiger partial charge in [0.05, 0.1) is 0 Å². The molecule has 2 rings (SSSR count). The van der Waals surface area contributed by atoms with Gasteiger partial charge >= 0.3 is 0 Å². The lowest BCUT2D eigenvalue weighted by molar-refractivity contribution is 0.0915. The molecule has 0 aliphatic carbocycles. The summed E-state index contributed by atoms with van der Waals surface area (Å²) in [5, 5.41) is 4.51. The van der Waals surface area contributed by atoms with Gasteiger partial charge in [-0.2, -0.15) is 0 Å². The van der Waals surface area contributed by atoms with E-state index in [0.717, 1.165) is 16.6 Å². The third kappa shape index (κ3) is 1.98. The molecule has 0 saturated carbocycles. The molecule has 5 heteroatoms. The van der Waals surface area contributed by atoms with Gasteiger partial charge in [-0.25, -0.2) is 0 Å². The second kappa shape index (κ2) is 4.44. The van der Waals surface area contributed by atoms with Crippen LogP contribution in [0.2, 0.25) is 0 Å². The fraction of sp³-hybridized carbons (Fsp3) is 0.357. The van der Waals surface area contributed by atoms with Gasteiger partial charge in [0.15, 0.2) is 5.78 Å². The maximum Gasteiger partial charge on any atom is 0.176 e. The minimum atomic E-state index is -1.08. The highest BCUT2D eigenvalue weighted by atomic mass is 16.1. The Morgan fingerprint density at radius 1 is 1.37 bits per heavy atom. The van der Waals surface area contributed by atoms with Crippen molar-refractivity contribution in [3.05, 3.63) is 46.0 Å². The SMILES string of the molecule is Cc1c(C(=O)C(C)(C)N=[N+]=[N-])c2ccccc2n1C. The Balaban J connectivity index is 2.73. The maximum atomic E-state index is 12.6. The molecular weight excluding hydrogens is 240 g/mol. The number of aromatic nitrogens is 1. The lowest BCUT2D eigenvalue weighted by Crippen LogP contribution is -2.29. The molecule has 2 aromatic rings. The number of hydrogen-bond donors (Lipinski definition) is 0. The van der Waals surface area contributed by atoms with Crippen LogP contribution >= 0.6 is 0 Å². The number of aryl methyl sites for hydroxylation is 1. The van der Waals surface area contributed by atoms with E-state index in [4.69, 9.17) is 5.53 Å². The minimum absolute atomic E-state index is 0.153. The van der Waals surface area contributed by atoms with Crippen LogP contribution in [0.1, 0.15) is 29.9 Å². The minimum Gasteiger partial charge on any atom is -0.347 e. The quantitative estimate of drug-likeness (QED) is 0.356. The summed E-state index contributed by atoms with van der Waals surface area (Å²) in [6, 6.07) is 7.73. The molecular formula is C14H16N4O. The summed E-state index contributed by atoms with van der Waals surface area (Å²) in [6.45, 7) is 5.17. The van der Waals surface area contributed by atoms with Crippen LogP contribution in [0.5, 0.6) is 0 Å². The highest BCUT2D eigenvalue weighted by Gasteiger charge is 2.31. The molecule has 1 aromatic carbocycles. The Hall–Kier alpha value is -2.26. The first kappa shape index (κ1) is 13.2. The summed E-state index contributed by atoms with van der Waals surface area (Å²) in [6.07, 6.45) is 0. The molecule has 19 heavy (non-hydrogen) atoms. The number of benzene rings is 1. The Morgan fingerprint density at radius 2 is 2.00 bits per heavy atom. The number of ketones is 1. The van der Waals surface area contributed by atoms with Crippen molar-refractivity contribution < 1.29 is 4.79 Å². The summed E-state index contributed by atoms with van der Waals surface area (Å²) in [7, 11) is 1.93. The van der Waals surface area contributed by atoms with Crippen LogP contribution in [0.25, 0.3) is 21.3 Å². The van der Waals surface area contributed by atoms with Crippen molar-refractivity contribution in [3.63, 3.8) is 0 Å². The molecule has 0 spiro atoms. The van der Waals surface area contributed by atoms with Gasteiger partial charge in [0.1, 0.15) is 5.54 Å². The predicted octanol–water partition coefficient (Wildman–Crippen LogP) is 3.76. The van der Waals surface area contributed by atoms with Crippen molar-refractivity contribution in [2.24, 2.45) is 12.2 Å². The highest BCUT2D eigenvalue weighted by Crippen LogP contribution is 2.29. The van der Waals surface area contributed by atoms with Crippen LogP contribution in [0, 0.1) is 6.92 Å². The van der Waals surface area contributed by atoms with E-state index in [2.05, 4.69) is 10.0 Å².